The third kappa shape index (κ3) is 3.01. The van der Waals surface area contributed by atoms with E-state index in [-0.39, 0.29) is 24.9 Å². The van der Waals surface area contributed by atoms with Gasteiger partial charge in [0.1, 0.15) is 11.3 Å². The van der Waals surface area contributed by atoms with E-state index < -0.39 is 5.76 Å². The zero-order valence-corrected chi connectivity index (χ0v) is 14.3. The van der Waals surface area contributed by atoms with Gasteiger partial charge in [0.15, 0.2) is 5.58 Å². The number of hydrogen-bond donors (Lipinski definition) is 1. The van der Waals surface area contributed by atoms with Crippen LogP contribution in [0.1, 0.15) is 25.1 Å². The van der Waals surface area contributed by atoms with Gasteiger partial charge >= 0.3 is 5.76 Å². The minimum absolute atomic E-state index is 0.157. The molecule has 1 atom stereocenters. The van der Waals surface area contributed by atoms with Crippen molar-refractivity contribution in [2.24, 2.45) is 0 Å². The van der Waals surface area contributed by atoms with E-state index in [2.05, 4.69) is 5.32 Å². The summed E-state index contributed by atoms with van der Waals surface area (Å²) in [6, 6.07) is 16.5. The number of fused-ring (bicyclic) bond motifs is 2. The molecule has 6 nitrogen and oxygen atoms in total. The van der Waals surface area contributed by atoms with Crippen LogP contribution in [-0.4, -0.2) is 10.5 Å². The molecular weight excluding hydrogens is 332 g/mol. The van der Waals surface area contributed by atoms with Gasteiger partial charge in [-0.15, -0.1) is 0 Å². The number of furan rings is 1. The summed E-state index contributed by atoms with van der Waals surface area (Å²) in [5.41, 5.74) is 2.00. The molecule has 2 aromatic carbocycles. The maximum atomic E-state index is 12.3. The molecule has 0 aliphatic rings. The minimum atomic E-state index is -0.454. The van der Waals surface area contributed by atoms with Gasteiger partial charge in [-0.1, -0.05) is 30.3 Å². The van der Waals surface area contributed by atoms with Crippen LogP contribution in [-0.2, 0) is 11.3 Å². The van der Waals surface area contributed by atoms with Crippen LogP contribution in [0.15, 0.2) is 68.2 Å². The van der Waals surface area contributed by atoms with Crippen molar-refractivity contribution in [2.45, 2.75) is 25.9 Å². The molecule has 1 amide bonds. The van der Waals surface area contributed by atoms with E-state index in [9.17, 15) is 9.59 Å². The van der Waals surface area contributed by atoms with Crippen molar-refractivity contribution in [1.29, 1.82) is 0 Å². The molecule has 0 unspecified atom stereocenters. The molecule has 2 aromatic heterocycles. The number of hydrogen-bond acceptors (Lipinski definition) is 4. The maximum absolute atomic E-state index is 12.3. The topological polar surface area (TPSA) is 77.4 Å². The highest BCUT2D eigenvalue weighted by Crippen LogP contribution is 2.23. The number of nitrogens with zero attached hydrogens (tertiary/aromatic N) is 1. The van der Waals surface area contributed by atoms with Crippen LogP contribution in [0, 0.1) is 0 Å². The lowest BCUT2D eigenvalue weighted by molar-refractivity contribution is -0.122. The average Bonchev–Trinajstić information content (AvgIpc) is 3.20. The van der Waals surface area contributed by atoms with Crippen LogP contribution in [0.3, 0.4) is 0 Å². The standard InChI is InChI=1S/C20H18N2O4/c1-13(18-12-14-6-2-4-8-16(14)25-18)21-19(23)10-11-22-15-7-3-5-9-17(15)26-20(22)24/h2-9,12-13H,10-11H2,1H3,(H,21,23)/t13-/m1/s1. The summed E-state index contributed by atoms with van der Waals surface area (Å²) >= 11 is 0. The molecule has 0 spiro atoms. The van der Waals surface area contributed by atoms with Crippen molar-refractivity contribution in [3.8, 4) is 0 Å². The van der Waals surface area contributed by atoms with Crippen molar-refractivity contribution in [2.75, 3.05) is 0 Å². The highest BCUT2D eigenvalue weighted by Gasteiger charge is 2.15. The van der Waals surface area contributed by atoms with Gasteiger partial charge in [0, 0.05) is 18.4 Å². The predicted molar refractivity (Wildman–Crippen MR) is 97.9 cm³/mol. The van der Waals surface area contributed by atoms with Crippen molar-refractivity contribution in [3.63, 3.8) is 0 Å². The van der Waals surface area contributed by atoms with Crippen LogP contribution >= 0.6 is 0 Å². The molecule has 0 saturated heterocycles. The molecule has 0 bridgehead atoms. The SMILES string of the molecule is C[C@@H](NC(=O)CCn1c(=O)oc2ccccc21)c1cc2ccccc2o1. The largest absolute Gasteiger partial charge is 0.459 e. The van der Waals surface area contributed by atoms with E-state index in [0.29, 0.717) is 16.9 Å². The first-order chi connectivity index (χ1) is 12.6. The molecule has 132 valence electrons. The normalized spacial score (nSPS) is 12.5. The first kappa shape index (κ1) is 16.2. The van der Waals surface area contributed by atoms with Gasteiger partial charge in [-0.25, -0.2) is 4.79 Å². The fourth-order valence-corrected chi connectivity index (χ4v) is 3.04. The number of carbonyl (C=O) groups excluding carboxylic acids is 1. The minimum Gasteiger partial charge on any atom is -0.459 e. The lowest BCUT2D eigenvalue weighted by Crippen LogP contribution is -2.28. The van der Waals surface area contributed by atoms with E-state index in [1.54, 1.807) is 18.2 Å². The number of para-hydroxylation sites is 3. The lowest BCUT2D eigenvalue weighted by atomic mass is 10.2. The molecule has 26 heavy (non-hydrogen) atoms. The van der Waals surface area contributed by atoms with Crippen molar-refractivity contribution in [3.05, 3.63) is 70.9 Å². The fourth-order valence-electron chi connectivity index (χ4n) is 3.04. The van der Waals surface area contributed by atoms with Crippen molar-refractivity contribution < 1.29 is 13.6 Å². The summed E-state index contributed by atoms with van der Waals surface area (Å²) in [5.74, 6) is 0.0879. The van der Waals surface area contributed by atoms with Crippen LogP contribution in [0.25, 0.3) is 22.1 Å². The van der Waals surface area contributed by atoms with Crippen LogP contribution in [0.5, 0.6) is 0 Å². The van der Waals surface area contributed by atoms with Crippen LogP contribution in [0.4, 0.5) is 0 Å². The summed E-state index contributed by atoms with van der Waals surface area (Å²) in [7, 11) is 0. The molecule has 0 aliphatic heterocycles. The van der Waals surface area contributed by atoms with Crippen LogP contribution < -0.4 is 11.1 Å². The highest BCUT2D eigenvalue weighted by molar-refractivity contribution is 5.79. The number of rotatable bonds is 5. The van der Waals surface area contributed by atoms with Crippen molar-refractivity contribution >= 4 is 28.0 Å². The Morgan fingerprint density at radius 1 is 1.08 bits per heavy atom. The number of aromatic nitrogens is 1. The smallest absolute Gasteiger partial charge is 0.419 e. The van der Waals surface area contributed by atoms with E-state index in [1.807, 2.05) is 43.3 Å². The fraction of sp³-hybridized carbons (Fsp3) is 0.200. The molecule has 4 aromatic rings. The van der Waals surface area contributed by atoms with Crippen LogP contribution in [0.2, 0.25) is 0 Å². The second-order valence-electron chi connectivity index (χ2n) is 6.21. The number of oxazole rings is 1. The quantitative estimate of drug-likeness (QED) is 0.596. The Labute approximate surface area is 149 Å². The van der Waals surface area contributed by atoms with Crippen molar-refractivity contribution in [1.82, 2.24) is 9.88 Å². The molecule has 0 fully saturated rings. The molecule has 0 saturated carbocycles. The lowest BCUT2D eigenvalue weighted by Gasteiger charge is -2.11. The molecule has 6 heteroatoms. The Morgan fingerprint density at radius 3 is 2.62 bits per heavy atom. The number of aryl methyl sites for hydroxylation is 1. The maximum Gasteiger partial charge on any atom is 0.419 e. The second kappa shape index (κ2) is 6.55. The Hall–Kier alpha value is -3.28. The summed E-state index contributed by atoms with van der Waals surface area (Å²) in [6.45, 7) is 2.13. The third-order valence-corrected chi connectivity index (χ3v) is 4.39. The Balaban J connectivity index is 1.43. The average molecular weight is 350 g/mol. The van der Waals surface area contributed by atoms with Gasteiger partial charge in [-0.05, 0) is 31.2 Å². The Morgan fingerprint density at radius 2 is 1.81 bits per heavy atom. The van der Waals surface area contributed by atoms with Gasteiger partial charge in [0.05, 0.1) is 11.6 Å². The monoisotopic (exact) mass is 350 g/mol. The van der Waals surface area contributed by atoms with Gasteiger partial charge < -0.3 is 14.2 Å². The molecule has 1 N–H and O–H groups in total. The van der Waals surface area contributed by atoms with Gasteiger partial charge in [0.25, 0.3) is 0 Å². The molecular formula is C20H18N2O4. The Kier molecular flexibility index (Phi) is 4.08. The van der Waals surface area contributed by atoms with Gasteiger partial charge in [-0.2, -0.15) is 0 Å². The number of benzene rings is 2. The summed E-state index contributed by atoms with van der Waals surface area (Å²) in [5, 5.41) is 3.91. The molecule has 0 aliphatic carbocycles. The molecule has 0 radical (unpaired) electrons. The first-order valence-electron chi connectivity index (χ1n) is 8.48. The highest BCUT2D eigenvalue weighted by atomic mass is 16.4. The van der Waals surface area contributed by atoms with Gasteiger partial charge in [-0.3, -0.25) is 9.36 Å². The number of nitrogens with one attached hydrogen (secondary N) is 1. The predicted octanol–water partition coefficient (Wildman–Crippen LogP) is 3.61. The number of carbonyl (C=O) groups is 1. The van der Waals surface area contributed by atoms with Gasteiger partial charge in [0.2, 0.25) is 5.91 Å². The summed E-state index contributed by atoms with van der Waals surface area (Å²) in [4.78, 5) is 24.2. The van der Waals surface area contributed by atoms with E-state index in [1.165, 1.54) is 4.57 Å². The second-order valence-corrected chi connectivity index (χ2v) is 6.21. The number of amides is 1. The third-order valence-electron chi connectivity index (χ3n) is 4.39. The zero-order chi connectivity index (χ0) is 18.1. The first-order valence-corrected chi connectivity index (χ1v) is 8.48. The summed E-state index contributed by atoms with van der Waals surface area (Å²) in [6.07, 6.45) is 0.175. The van der Waals surface area contributed by atoms with E-state index in [4.69, 9.17) is 8.83 Å². The summed E-state index contributed by atoms with van der Waals surface area (Å²) < 4.78 is 12.4. The van der Waals surface area contributed by atoms with E-state index in [0.717, 1.165) is 11.0 Å². The zero-order valence-electron chi connectivity index (χ0n) is 14.3. The molecule has 2 heterocycles. The van der Waals surface area contributed by atoms with E-state index >= 15 is 0 Å². The Bertz CT molecular complexity index is 1100. The molecule has 4 rings (SSSR count).